The van der Waals surface area contributed by atoms with E-state index in [9.17, 15) is 9.59 Å². The minimum absolute atomic E-state index is 0.0563. The number of hydrogen-bond donors (Lipinski definition) is 1. The summed E-state index contributed by atoms with van der Waals surface area (Å²) in [4.78, 5) is 26.9. The number of piperidine rings is 1. The lowest BCUT2D eigenvalue weighted by molar-refractivity contribution is 0.0698. The molecule has 2 amide bonds. The molecule has 0 saturated carbocycles. The lowest BCUT2D eigenvalue weighted by Crippen LogP contribution is -2.46. The fourth-order valence-electron chi connectivity index (χ4n) is 3.28. The van der Waals surface area contributed by atoms with Crippen molar-refractivity contribution in [1.29, 1.82) is 0 Å². The van der Waals surface area contributed by atoms with Gasteiger partial charge in [-0.1, -0.05) is 36.4 Å². The molecule has 0 radical (unpaired) electrons. The van der Waals surface area contributed by atoms with Crippen molar-refractivity contribution in [2.45, 2.75) is 25.5 Å². The Balaban J connectivity index is 1.56. The first kappa shape index (κ1) is 18.1. The van der Waals surface area contributed by atoms with Crippen LogP contribution in [-0.2, 0) is 11.3 Å². The molecule has 5 heteroatoms. The van der Waals surface area contributed by atoms with E-state index in [1.54, 1.807) is 7.11 Å². The number of carbonyl (C=O) groups excluding carboxylic acids is 2. The molecule has 136 valence electrons. The maximum absolute atomic E-state index is 12.6. The van der Waals surface area contributed by atoms with Gasteiger partial charge >= 0.3 is 0 Å². The predicted molar refractivity (Wildman–Crippen MR) is 100.0 cm³/mol. The summed E-state index contributed by atoms with van der Waals surface area (Å²) in [5.41, 5.74) is 2.24. The molecule has 0 bridgehead atoms. The van der Waals surface area contributed by atoms with Crippen LogP contribution in [0.25, 0.3) is 0 Å². The fourth-order valence-corrected chi connectivity index (χ4v) is 3.28. The van der Waals surface area contributed by atoms with Gasteiger partial charge in [0.1, 0.15) is 0 Å². The number of hydrogen-bond acceptors (Lipinski definition) is 3. The molecule has 1 N–H and O–H groups in total. The first-order chi connectivity index (χ1) is 12.7. The lowest BCUT2D eigenvalue weighted by atomic mass is 10.0. The molecule has 1 aliphatic rings. The van der Waals surface area contributed by atoms with Gasteiger partial charge in [0.25, 0.3) is 11.8 Å². The van der Waals surface area contributed by atoms with E-state index in [0.29, 0.717) is 30.8 Å². The zero-order chi connectivity index (χ0) is 18.4. The first-order valence-corrected chi connectivity index (χ1v) is 8.91. The van der Waals surface area contributed by atoms with Crippen LogP contribution in [0.15, 0.2) is 54.6 Å². The second-order valence-corrected chi connectivity index (χ2v) is 6.50. The van der Waals surface area contributed by atoms with Crippen molar-refractivity contribution in [3.63, 3.8) is 0 Å². The Hall–Kier alpha value is -2.66. The molecular weight excluding hydrogens is 328 g/mol. The molecule has 2 aromatic rings. The fraction of sp³-hybridized carbons (Fsp3) is 0.333. The monoisotopic (exact) mass is 352 g/mol. The Labute approximate surface area is 154 Å². The molecule has 26 heavy (non-hydrogen) atoms. The van der Waals surface area contributed by atoms with Gasteiger partial charge in [-0.15, -0.1) is 0 Å². The van der Waals surface area contributed by atoms with E-state index in [-0.39, 0.29) is 17.9 Å². The molecule has 1 saturated heterocycles. The summed E-state index contributed by atoms with van der Waals surface area (Å²) in [5, 5.41) is 3.10. The Bertz CT molecular complexity index is 753. The van der Waals surface area contributed by atoms with Crippen molar-refractivity contribution in [3.8, 4) is 0 Å². The molecular formula is C21H24N2O3. The van der Waals surface area contributed by atoms with Crippen molar-refractivity contribution in [3.05, 3.63) is 71.3 Å². The highest BCUT2D eigenvalue weighted by atomic mass is 16.5. The van der Waals surface area contributed by atoms with Crippen LogP contribution in [0.2, 0.25) is 0 Å². The Kier molecular flexibility index (Phi) is 6.02. The van der Waals surface area contributed by atoms with E-state index in [0.717, 1.165) is 18.4 Å². The van der Waals surface area contributed by atoms with Gasteiger partial charge in [0.2, 0.25) is 0 Å². The number of carbonyl (C=O) groups is 2. The third-order valence-electron chi connectivity index (χ3n) is 4.70. The van der Waals surface area contributed by atoms with Gasteiger partial charge in [-0.2, -0.15) is 0 Å². The van der Waals surface area contributed by atoms with Crippen molar-refractivity contribution in [1.82, 2.24) is 10.2 Å². The number of rotatable bonds is 5. The van der Waals surface area contributed by atoms with Gasteiger partial charge in [0, 0.05) is 37.4 Å². The third kappa shape index (κ3) is 4.29. The second kappa shape index (κ2) is 8.63. The average molecular weight is 352 g/mol. The normalized spacial score (nSPS) is 14.9. The van der Waals surface area contributed by atoms with Gasteiger partial charge in [0.15, 0.2) is 0 Å². The molecule has 1 fully saturated rings. The van der Waals surface area contributed by atoms with E-state index in [1.165, 1.54) is 0 Å². The number of likely N-dealkylation sites (tertiary alicyclic amines) is 1. The molecule has 1 aliphatic heterocycles. The minimum Gasteiger partial charge on any atom is -0.380 e. The molecule has 1 heterocycles. The van der Waals surface area contributed by atoms with Gasteiger partial charge in [-0.25, -0.2) is 0 Å². The highest BCUT2D eigenvalue weighted by molar-refractivity contribution is 5.96. The SMILES string of the molecule is COCc1ccccc1C(=O)NC1CCN(C(=O)c2ccccc2)CC1. The van der Waals surface area contributed by atoms with Crippen LogP contribution in [0.3, 0.4) is 0 Å². The van der Waals surface area contributed by atoms with Crippen LogP contribution >= 0.6 is 0 Å². The quantitative estimate of drug-likeness (QED) is 0.900. The summed E-state index contributed by atoms with van der Waals surface area (Å²) in [6.07, 6.45) is 1.52. The van der Waals surface area contributed by atoms with Crippen molar-refractivity contribution >= 4 is 11.8 Å². The van der Waals surface area contributed by atoms with Gasteiger partial charge < -0.3 is 15.0 Å². The highest BCUT2D eigenvalue weighted by Gasteiger charge is 2.25. The zero-order valence-corrected chi connectivity index (χ0v) is 15.0. The zero-order valence-electron chi connectivity index (χ0n) is 15.0. The van der Waals surface area contributed by atoms with Crippen LogP contribution < -0.4 is 5.32 Å². The van der Waals surface area contributed by atoms with Crippen LogP contribution in [0.4, 0.5) is 0 Å². The average Bonchev–Trinajstić information content (AvgIpc) is 2.69. The van der Waals surface area contributed by atoms with Crippen molar-refractivity contribution in [2.24, 2.45) is 0 Å². The molecule has 0 aromatic heterocycles. The number of methoxy groups -OCH3 is 1. The summed E-state index contributed by atoms with van der Waals surface area (Å²) in [7, 11) is 1.62. The maximum atomic E-state index is 12.6. The number of ether oxygens (including phenoxy) is 1. The summed E-state index contributed by atoms with van der Waals surface area (Å²) >= 11 is 0. The smallest absolute Gasteiger partial charge is 0.253 e. The Morgan fingerprint density at radius 3 is 2.38 bits per heavy atom. The Morgan fingerprint density at radius 2 is 1.69 bits per heavy atom. The molecule has 0 atom stereocenters. The van der Waals surface area contributed by atoms with Crippen LogP contribution in [0.1, 0.15) is 39.1 Å². The number of nitrogens with zero attached hydrogens (tertiary/aromatic N) is 1. The third-order valence-corrected chi connectivity index (χ3v) is 4.70. The molecule has 3 rings (SSSR count). The second-order valence-electron chi connectivity index (χ2n) is 6.50. The maximum Gasteiger partial charge on any atom is 0.253 e. The van der Waals surface area contributed by atoms with Crippen molar-refractivity contribution < 1.29 is 14.3 Å². The largest absolute Gasteiger partial charge is 0.380 e. The van der Waals surface area contributed by atoms with Gasteiger partial charge in [-0.3, -0.25) is 9.59 Å². The van der Waals surface area contributed by atoms with Gasteiger partial charge in [-0.05, 0) is 36.6 Å². The molecule has 2 aromatic carbocycles. The Morgan fingerprint density at radius 1 is 1.04 bits per heavy atom. The van der Waals surface area contributed by atoms with E-state index in [2.05, 4.69) is 5.32 Å². The van der Waals surface area contributed by atoms with Crippen molar-refractivity contribution in [2.75, 3.05) is 20.2 Å². The predicted octanol–water partition coefficient (Wildman–Crippen LogP) is 2.87. The van der Waals surface area contributed by atoms with Crippen LogP contribution in [0, 0.1) is 0 Å². The highest BCUT2D eigenvalue weighted by Crippen LogP contribution is 2.16. The van der Waals surface area contributed by atoms with E-state index in [4.69, 9.17) is 4.74 Å². The molecule has 5 nitrogen and oxygen atoms in total. The van der Waals surface area contributed by atoms with E-state index < -0.39 is 0 Å². The summed E-state index contributed by atoms with van der Waals surface area (Å²) in [6, 6.07) is 16.9. The van der Waals surface area contributed by atoms with Crippen LogP contribution in [-0.4, -0.2) is 43.0 Å². The molecule has 0 aliphatic carbocycles. The molecule has 0 unspecified atom stereocenters. The van der Waals surface area contributed by atoms with Crippen LogP contribution in [0.5, 0.6) is 0 Å². The number of amides is 2. The summed E-state index contributed by atoms with van der Waals surface area (Å²) in [5.74, 6) is -0.0219. The first-order valence-electron chi connectivity index (χ1n) is 8.91. The number of benzene rings is 2. The van der Waals surface area contributed by atoms with E-state index >= 15 is 0 Å². The summed E-state index contributed by atoms with van der Waals surface area (Å²) in [6.45, 7) is 1.71. The standard InChI is InChI=1S/C21H24N2O3/c1-26-15-17-9-5-6-10-19(17)20(24)22-18-11-13-23(14-12-18)21(25)16-7-3-2-4-8-16/h2-10,18H,11-15H2,1H3,(H,22,24). The topological polar surface area (TPSA) is 58.6 Å². The van der Waals surface area contributed by atoms with E-state index in [1.807, 2.05) is 59.5 Å². The number of nitrogens with one attached hydrogen (secondary N) is 1. The lowest BCUT2D eigenvalue weighted by Gasteiger charge is -2.32. The molecule has 0 spiro atoms. The van der Waals surface area contributed by atoms with Gasteiger partial charge in [0.05, 0.1) is 6.61 Å². The summed E-state index contributed by atoms with van der Waals surface area (Å²) < 4.78 is 5.17. The minimum atomic E-state index is -0.0783.